The molecule has 2 aromatic rings. The largest absolute Gasteiger partial charge is 0.390 e. The van der Waals surface area contributed by atoms with Gasteiger partial charge in [0.1, 0.15) is 12.1 Å². The van der Waals surface area contributed by atoms with Crippen molar-refractivity contribution in [2.24, 2.45) is 0 Å². The number of carbonyl (C=O) groups is 2. The van der Waals surface area contributed by atoms with Gasteiger partial charge >= 0.3 is 0 Å². The fourth-order valence-electron chi connectivity index (χ4n) is 3.27. The van der Waals surface area contributed by atoms with E-state index in [-0.39, 0.29) is 23.8 Å². The Morgan fingerprint density at radius 3 is 2.57 bits per heavy atom. The number of nitrogen functional groups attached to an aromatic ring is 1. The molecule has 1 saturated heterocycles. The number of hydrogen-bond donors (Lipinski definition) is 1. The summed E-state index contributed by atoms with van der Waals surface area (Å²) in [5.41, 5.74) is 5.52. The van der Waals surface area contributed by atoms with Crippen molar-refractivity contribution in [3.63, 3.8) is 0 Å². The van der Waals surface area contributed by atoms with E-state index >= 15 is 0 Å². The van der Waals surface area contributed by atoms with Crippen molar-refractivity contribution in [3.05, 3.63) is 28.2 Å². The molecule has 3 rings (SSSR count). The summed E-state index contributed by atoms with van der Waals surface area (Å²) in [6.45, 7) is 12.5. The van der Waals surface area contributed by atoms with Crippen LogP contribution in [0.25, 0.3) is 0 Å². The van der Waals surface area contributed by atoms with Gasteiger partial charge in [0.15, 0.2) is 5.82 Å². The number of nitrogens with two attached hydrogens (primary N) is 1. The highest BCUT2D eigenvalue weighted by molar-refractivity contribution is 7.16. The first kappa shape index (κ1) is 20.3. The zero-order valence-electron chi connectivity index (χ0n) is 17.2. The van der Waals surface area contributed by atoms with E-state index in [1.807, 2.05) is 6.07 Å². The van der Waals surface area contributed by atoms with Gasteiger partial charge in [-0.2, -0.15) is 4.98 Å². The van der Waals surface area contributed by atoms with Crippen LogP contribution in [0.15, 0.2) is 10.6 Å². The van der Waals surface area contributed by atoms with E-state index in [9.17, 15) is 9.59 Å². The minimum absolute atomic E-state index is 0.0937. The number of amides is 2. The first-order valence-electron chi connectivity index (χ1n) is 9.21. The van der Waals surface area contributed by atoms with E-state index in [1.165, 1.54) is 11.3 Å². The maximum absolute atomic E-state index is 13.2. The van der Waals surface area contributed by atoms with E-state index in [1.54, 1.807) is 30.6 Å². The molecular weight excluding hydrogens is 378 g/mol. The average Bonchev–Trinajstić information content (AvgIpc) is 3.17. The number of piperazine rings is 1. The summed E-state index contributed by atoms with van der Waals surface area (Å²) in [5, 5.41) is 4.24. The molecule has 1 fully saturated rings. The molecule has 2 amide bonds. The first-order chi connectivity index (χ1) is 12.9. The summed E-state index contributed by atoms with van der Waals surface area (Å²) in [5.74, 6) is 0.542. The van der Waals surface area contributed by atoms with Crippen LogP contribution < -0.4 is 5.73 Å². The predicted octanol–water partition coefficient (Wildman–Crippen LogP) is 2.58. The summed E-state index contributed by atoms with van der Waals surface area (Å²) in [6.07, 6.45) is 0. The highest BCUT2D eigenvalue weighted by Gasteiger charge is 2.45. The van der Waals surface area contributed by atoms with Crippen LogP contribution in [0.1, 0.15) is 61.6 Å². The molecule has 2 aromatic heterocycles. The van der Waals surface area contributed by atoms with Crippen molar-refractivity contribution >= 4 is 28.2 Å². The van der Waals surface area contributed by atoms with Crippen LogP contribution in [-0.4, -0.2) is 50.4 Å². The van der Waals surface area contributed by atoms with Gasteiger partial charge < -0.3 is 20.1 Å². The van der Waals surface area contributed by atoms with Crippen LogP contribution in [0, 0.1) is 6.92 Å². The lowest BCUT2D eigenvalue weighted by Crippen LogP contribution is -2.64. The van der Waals surface area contributed by atoms with Gasteiger partial charge in [0, 0.05) is 18.0 Å². The van der Waals surface area contributed by atoms with Gasteiger partial charge in [0.05, 0.1) is 10.6 Å². The standard InChI is InChI=1S/C19H27N5O3S/c1-11-21-14(27-22-11)10-23-7-8-24(19(5,6)17(23)26)16(25)12-9-13(18(2,3)4)28-15(12)20/h9H,7-8,10,20H2,1-6H3. The number of anilines is 1. The zero-order valence-corrected chi connectivity index (χ0v) is 18.0. The van der Waals surface area contributed by atoms with Gasteiger partial charge in [-0.05, 0) is 32.3 Å². The van der Waals surface area contributed by atoms with Crippen LogP contribution in [0.5, 0.6) is 0 Å². The zero-order chi connectivity index (χ0) is 20.9. The van der Waals surface area contributed by atoms with Crippen LogP contribution in [-0.2, 0) is 16.8 Å². The van der Waals surface area contributed by atoms with E-state index in [0.717, 1.165) is 4.88 Å². The maximum atomic E-state index is 13.2. The van der Waals surface area contributed by atoms with Gasteiger partial charge in [-0.15, -0.1) is 11.3 Å². The fraction of sp³-hybridized carbons (Fsp3) is 0.579. The van der Waals surface area contributed by atoms with Gasteiger partial charge in [-0.1, -0.05) is 25.9 Å². The van der Waals surface area contributed by atoms with Crippen molar-refractivity contribution in [2.75, 3.05) is 18.8 Å². The number of hydrogen-bond acceptors (Lipinski definition) is 7. The van der Waals surface area contributed by atoms with E-state index in [0.29, 0.717) is 35.4 Å². The lowest BCUT2D eigenvalue weighted by Gasteiger charge is -2.45. The van der Waals surface area contributed by atoms with Gasteiger partial charge in [0.25, 0.3) is 5.91 Å². The Morgan fingerprint density at radius 2 is 2.04 bits per heavy atom. The third-order valence-electron chi connectivity index (χ3n) is 4.95. The monoisotopic (exact) mass is 405 g/mol. The first-order valence-corrected chi connectivity index (χ1v) is 10.0. The molecule has 28 heavy (non-hydrogen) atoms. The number of thiophene rings is 1. The number of nitrogens with zero attached hydrogens (tertiary/aromatic N) is 4. The number of carbonyl (C=O) groups excluding carboxylic acids is 2. The quantitative estimate of drug-likeness (QED) is 0.841. The smallest absolute Gasteiger partial charge is 0.257 e. The molecule has 152 valence electrons. The molecule has 2 N–H and O–H groups in total. The van der Waals surface area contributed by atoms with Crippen LogP contribution >= 0.6 is 11.3 Å². The Balaban J connectivity index is 1.81. The minimum atomic E-state index is -0.999. The second-order valence-electron chi connectivity index (χ2n) is 8.62. The molecule has 0 spiro atoms. The van der Waals surface area contributed by atoms with Gasteiger partial charge in [0.2, 0.25) is 11.8 Å². The van der Waals surface area contributed by atoms with Crippen molar-refractivity contribution in [1.29, 1.82) is 0 Å². The molecule has 8 nitrogen and oxygen atoms in total. The van der Waals surface area contributed by atoms with Gasteiger partial charge in [-0.25, -0.2) is 0 Å². The second kappa shape index (κ2) is 6.88. The molecule has 0 aliphatic carbocycles. The summed E-state index contributed by atoms with van der Waals surface area (Å²) in [7, 11) is 0. The minimum Gasteiger partial charge on any atom is -0.390 e. The van der Waals surface area contributed by atoms with Crippen molar-refractivity contribution in [3.8, 4) is 0 Å². The van der Waals surface area contributed by atoms with Crippen molar-refractivity contribution in [1.82, 2.24) is 19.9 Å². The topological polar surface area (TPSA) is 106 Å². The Hall–Kier alpha value is -2.42. The maximum Gasteiger partial charge on any atom is 0.257 e. The molecule has 0 saturated carbocycles. The van der Waals surface area contributed by atoms with E-state index in [2.05, 4.69) is 30.9 Å². The van der Waals surface area contributed by atoms with Crippen LogP contribution in [0.2, 0.25) is 0 Å². The Labute approximate surface area is 168 Å². The Bertz CT molecular complexity index is 909. The lowest BCUT2D eigenvalue weighted by molar-refractivity contribution is -0.147. The molecule has 1 aliphatic rings. The summed E-state index contributed by atoms with van der Waals surface area (Å²) >= 11 is 1.43. The lowest BCUT2D eigenvalue weighted by atomic mass is 9.93. The molecule has 0 atom stereocenters. The summed E-state index contributed by atoms with van der Waals surface area (Å²) in [4.78, 5) is 34.8. The number of aryl methyl sites for hydroxylation is 1. The molecule has 0 radical (unpaired) electrons. The van der Waals surface area contributed by atoms with E-state index < -0.39 is 5.54 Å². The molecule has 0 bridgehead atoms. The molecular formula is C19H27N5O3S. The summed E-state index contributed by atoms with van der Waals surface area (Å²) in [6, 6.07) is 1.86. The SMILES string of the molecule is Cc1noc(CN2CCN(C(=O)c3cc(C(C)(C)C)sc3N)C(C)(C)C2=O)n1. The van der Waals surface area contributed by atoms with Crippen LogP contribution in [0.3, 0.4) is 0 Å². The Kier molecular flexibility index (Phi) is 4.99. The van der Waals surface area contributed by atoms with Crippen molar-refractivity contribution in [2.45, 2.75) is 59.0 Å². The Morgan fingerprint density at radius 1 is 1.36 bits per heavy atom. The van der Waals surface area contributed by atoms with Crippen LogP contribution in [0.4, 0.5) is 5.00 Å². The van der Waals surface area contributed by atoms with E-state index in [4.69, 9.17) is 10.3 Å². The average molecular weight is 406 g/mol. The highest BCUT2D eigenvalue weighted by atomic mass is 32.1. The molecule has 0 unspecified atom stereocenters. The summed E-state index contributed by atoms with van der Waals surface area (Å²) < 4.78 is 5.13. The van der Waals surface area contributed by atoms with Gasteiger partial charge in [-0.3, -0.25) is 9.59 Å². The second-order valence-corrected chi connectivity index (χ2v) is 9.70. The predicted molar refractivity (Wildman–Crippen MR) is 107 cm³/mol. The fourth-order valence-corrected chi connectivity index (χ4v) is 4.24. The number of aromatic nitrogens is 2. The number of rotatable bonds is 3. The third-order valence-corrected chi connectivity index (χ3v) is 6.34. The normalized spacial score (nSPS) is 17.3. The molecule has 0 aromatic carbocycles. The molecule has 1 aliphatic heterocycles. The highest BCUT2D eigenvalue weighted by Crippen LogP contribution is 2.36. The van der Waals surface area contributed by atoms with Crippen molar-refractivity contribution < 1.29 is 14.1 Å². The molecule has 3 heterocycles. The molecule has 9 heteroatoms. The third kappa shape index (κ3) is 3.63.